The minimum Gasteiger partial charge on any atom is -0.0622 e. The second-order valence-electron chi connectivity index (χ2n) is 16.7. The Hall–Kier alpha value is -6.59. The Balaban J connectivity index is 0.993. The number of rotatable bonds is 8. The molecule has 1 fully saturated rings. The number of aromatic nitrogens is 3. The number of hydrogen-bond donors (Lipinski definition) is 0. The van der Waals surface area contributed by atoms with Crippen LogP contribution < -0.4 is 9.64 Å². The van der Waals surface area contributed by atoms with E-state index in [1.54, 1.807) is 0 Å². The standard InChI is InChI=1S/C56H45N5O.Pt/c1-39-32-55(57-35-50(39)42-20-10-5-11-21-42)59-36-43-30-31-58(2)37-51(43)49-29-28-46(34-54(49)59)62-45-23-14-22-44(33-45)60-38-61(53-27-13-12-26-52(53)60)56-47(40-16-6-3-7-17-40)24-15-25-48(56)41-18-8-4-9-19-41;/h3-29,32,35,43,51H,30-31,36-37H2,1-2H3;/q-2;. The molecule has 0 spiro atoms. The van der Waals surface area contributed by atoms with Crippen molar-refractivity contribution in [2.45, 2.75) is 19.3 Å². The maximum absolute atomic E-state index is 6.75. The van der Waals surface area contributed by atoms with Gasteiger partial charge in [-0.05, 0) is 38.1 Å². The molecule has 7 heteroatoms. The van der Waals surface area contributed by atoms with Crippen molar-refractivity contribution < 1.29 is 24.1 Å². The zero-order valence-electron chi connectivity index (χ0n) is 35.2. The summed E-state index contributed by atoms with van der Waals surface area (Å²) in [4.78, 5) is 9.93. The van der Waals surface area contributed by atoms with E-state index in [0.717, 1.165) is 91.6 Å². The van der Waals surface area contributed by atoms with Gasteiger partial charge in [0.05, 0.1) is 0 Å². The van der Waals surface area contributed by atoms with Gasteiger partial charge in [0.25, 0.3) is 0 Å². The summed E-state index contributed by atoms with van der Waals surface area (Å²) in [6.07, 6.45) is 3.18. The van der Waals surface area contributed by atoms with Gasteiger partial charge in [0.1, 0.15) is 0 Å². The summed E-state index contributed by atoms with van der Waals surface area (Å²) in [6.45, 7) is 5.21. The van der Waals surface area contributed by atoms with E-state index in [4.69, 9.17) is 9.72 Å². The molecule has 4 heterocycles. The summed E-state index contributed by atoms with van der Waals surface area (Å²) < 4.78 is 12.5. The molecule has 2 unspecified atom stereocenters. The Bertz CT molecular complexity index is 3120. The van der Waals surface area contributed by atoms with Crippen LogP contribution in [0, 0.1) is 28.8 Å². The molecule has 2 aromatic heterocycles. The average Bonchev–Trinajstić information content (AvgIpc) is 3.63. The first-order valence-electron chi connectivity index (χ1n) is 21.7. The number of aryl methyl sites for hydroxylation is 1. The molecule has 1 saturated heterocycles. The van der Waals surface area contributed by atoms with E-state index < -0.39 is 0 Å². The minimum atomic E-state index is 0.421. The molecule has 0 radical (unpaired) electrons. The Kier molecular flexibility index (Phi) is 10.3. The number of imidazole rings is 1. The van der Waals surface area contributed by atoms with Gasteiger partial charge in [0, 0.05) is 11.8 Å². The number of benzene rings is 7. The topological polar surface area (TPSA) is 38.5 Å². The molecule has 0 N–H and O–H groups in total. The van der Waals surface area contributed by atoms with Crippen molar-refractivity contribution in [3.05, 3.63) is 203 Å². The number of pyridine rings is 1. The second kappa shape index (κ2) is 16.6. The summed E-state index contributed by atoms with van der Waals surface area (Å²) in [5, 5.41) is 0. The van der Waals surface area contributed by atoms with Crippen molar-refractivity contribution in [3.8, 4) is 56.3 Å². The molecule has 9 aromatic rings. The van der Waals surface area contributed by atoms with Crippen LogP contribution in [0.25, 0.3) is 55.8 Å². The normalized spacial score (nSPS) is 16.2. The third-order valence-electron chi connectivity index (χ3n) is 12.8. The summed E-state index contributed by atoms with van der Waals surface area (Å²) >= 11 is 2.48. The molecule has 0 saturated carbocycles. The minimum absolute atomic E-state index is 0.421. The molecule has 0 amide bonds. The van der Waals surface area contributed by atoms with Gasteiger partial charge in [0.15, 0.2) is 0 Å². The average molecular weight is 999 g/mol. The first-order chi connectivity index (χ1) is 31.0. The van der Waals surface area contributed by atoms with Crippen LogP contribution in [-0.4, -0.2) is 45.7 Å². The first kappa shape index (κ1) is 39.3. The van der Waals surface area contributed by atoms with E-state index in [-0.39, 0.29) is 0 Å². The quantitative estimate of drug-likeness (QED) is 0.142. The van der Waals surface area contributed by atoms with Gasteiger partial charge in [-0.3, -0.25) is 0 Å². The van der Waals surface area contributed by atoms with Crippen molar-refractivity contribution in [1.29, 1.82) is 0 Å². The number of fused-ring (bicyclic) bond motifs is 4. The van der Waals surface area contributed by atoms with Gasteiger partial charge in [-0.1, -0.05) is 30.3 Å². The van der Waals surface area contributed by atoms with E-state index in [2.05, 4.69) is 228 Å². The number of nitrogens with zero attached hydrogens (tertiary/aromatic N) is 5. The van der Waals surface area contributed by atoms with Crippen molar-refractivity contribution >= 4 is 22.5 Å². The molecule has 6 nitrogen and oxygen atoms in total. The molecule has 312 valence electrons. The summed E-state index contributed by atoms with van der Waals surface area (Å²) in [7, 11) is 2.24. The van der Waals surface area contributed by atoms with Crippen LogP contribution in [-0.2, 0) is 19.4 Å². The fraction of sp³-hybridized carbons (Fsp3) is 0.143. The van der Waals surface area contributed by atoms with Crippen molar-refractivity contribution in [3.63, 3.8) is 0 Å². The van der Waals surface area contributed by atoms with Gasteiger partial charge in [-0.2, -0.15) is 0 Å². The van der Waals surface area contributed by atoms with E-state index in [1.165, 1.54) is 16.7 Å². The van der Waals surface area contributed by atoms with E-state index in [1.807, 2.05) is 12.3 Å². The van der Waals surface area contributed by atoms with E-state index in [0.29, 0.717) is 23.3 Å². The molecule has 2 aliphatic heterocycles. The summed E-state index contributed by atoms with van der Waals surface area (Å²) in [5.74, 6) is 3.17. The molecular weight excluding hydrogens is 954 g/mol. The number of likely N-dealkylation sites (N-methyl/N-ethyl adjacent to an activating group) is 1. The first-order valence-corrected chi connectivity index (χ1v) is 22.8. The van der Waals surface area contributed by atoms with Crippen LogP contribution in [0.4, 0.5) is 11.5 Å². The van der Waals surface area contributed by atoms with Crippen LogP contribution in [0.3, 0.4) is 0 Å². The zero-order valence-corrected chi connectivity index (χ0v) is 37.5. The smallest absolute Gasteiger partial charge is 0.0622 e. The molecule has 63 heavy (non-hydrogen) atoms. The van der Waals surface area contributed by atoms with Crippen molar-refractivity contribution in [2.75, 3.05) is 31.6 Å². The van der Waals surface area contributed by atoms with Crippen LogP contribution in [0.15, 0.2) is 176 Å². The number of ether oxygens (including phenoxy) is 1. The number of piperidine rings is 1. The third-order valence-corrected chi connectivity index (χ3v) is 13.8. The van der Waals surface area contributed by atoms with Crippen LogP contribution in [0.1, 0.15) is 23.5 Å². The molecule has 0 bridgehead atoms. The van der Waals surface area contributed by atoms with Gasteiger partial charge < -0.3 is 4.90 Å². The summed E-state index contributed by atoms with van der Waals surface area (Å²) in [5.41, 5.74) is 14.7. The van der Waals surface area contributed by atoms with Crippen LogP contribution in [0.5, 0.6) is 11.5 Å². The van der Waals surface area contributed by atoms with Gasteiger partial charge in [0.2, 0.25) is 0 Å². The maximum atomic E-state index is 6.75. The Morgan fingerprint density at radius 1 is 0.619 bits per heavy atom. The fourth-order valence-electron chi connectivity index (χ4n) is 9.72. The fourth-order valence-corrected chi connectivity index (χ4v) is 10.8. The SMILES string of the molecule is Cc1cc(N2CC3CCN(C)CC3c3ccc(Oc4[c-]c(-n5[c](=[Pt])n(-c6c(-c7ccccc7)cccc6-c6ccccc6)c6ccccc65)ccc4)[c-]c32)ncc1-c1ccccc1. The van der Waals surface area contributed by atoms with Crippen molar-refractivity contribution in [1.82, 2.24) is 19.0 Å². The van der Waals surface area contributed by atoms with Gasteiger partial charge >= 0.3 is 297 Å². The Morgan fingerprint density at radius 3 is 1.89 bits per heavy atom. The Morgan fingerprint density at radius 2 is 1.22 bits per heavy atom. The number of anilines is 2. The van der Waals surface area contributed by atoms with Crippen LogP contribution >= 0.6 is 0 Å². The zero-order chi connectivity index (χ0) is 42.4. The third kappa shape index (κ3) is 7.27. The molecule has 2 atom stereocenters. The predicted octanol–water partition coefficient (Wildman–Crippen LogP) is 12.8. The second-order valence-corrected chi connectivity index (χ2v) is 17.7. The molecule has 0 aliphatic carbocycles. The van der Waals surface area contributed by atoms with Crippen molar-refractivity contribution in [2.24, 2.45) is 5.92 Å². The van der Waals surface area contributed by atoms with E-state index >= 15 is 0 Å². The number of para-hydroxylation sites is 3. The molecule has 7 aromatic carbocycles. The number of likely N-dealkylation sites (tertiary alicyclic amines) is 1. The number of hydrogen-bond acceptors (Lipinski definition) is 4. The van der Waals surface area contributed by atoms with Crippen LogP contribution in [0.2, 0.25) is 0 Å². The molecule has 2 aliphatic rings. The van der Waals surface area contributed by atoms with E-state index in [9.17, 15) is 0 Å². The van der Waals surface area contributed by atoms with Gasteiger partial charge in [-0.25, -0.2) is 0 Å². The predicted molar refractivity (Wildman–Crippen MR) is 251 cm³/mol. The van der Waals surface area contributed by atoms with Gasteiger partial charge in [-0.15, -0.1) is 0 Å². The monoisotopic (exact) mass is 998 g/mol. The molecule has 11 rings (SSSR count). The molecular formula is C56H45N5OPt-2. The Labute approximate surface area is 379 Å². The summed E-state index contributed by atoms with van der Waals surface area (Å²) in [6, 6.07) is 67.3.